The van der Waals surface area contributed by atoms with Gasteiger partial charge in [-0.25, -0.2) is 13.8 Å². The summed E-state index contributed by atoms with van der Waals surface area (Å²) in [5.74, 6) is -0.130. The number of nitrogen functional groups attached to an aromatic ring is 1. The number of phosphoric ester groups is 1. The van der Waals surface area contributed by atoms with Crippen LogP contribution in [-0.4, -0.2) is 60.6 Å². The Kier molecular flexibility index (Phi) is 4.87. The van der Waals surface area contributed by atoms with Gasteiger partial charge >= 0.3 is 13.5 Å². The van der Waals surface area contributed by atoms with Gasteiger partial charge in [-0.15, -0.1) is 0 Å². The first kappa shape index (κ1) is 17.9. The molecule has 0 spiro atoms. The first-order chi connectivity index (χ1) is 10.6. The monoisotopic (exact) mass is 355 g/mol. The lowest BCUT2D eigenvalue weighted by Gasteiger charge is -2.31. The van der Waals surface area contributed by atoms with Crippen LogP contribution in [0.3, 0.4) is 0 Å². The third-order valence-electron chi connectivity index (χ3n) is 3.31. The minimum absolute atomic E-state index is 0.130. The second kappa shape index (κ2) is 6.24. The molecule has 0 amide bonds. The molecule has 23 heavy (non-hydrogen) atoms. The van der Waals surface area contributed by atoms with E-state index in [4.69, 9.17) is 20.3 Å². The SMILES string of the molecule is Nc1ccn([C@@H]2O[C@H](CO)[C@@H](OP(=O)(O)O)[C@]2(O)CF)c(=O)n1. The minimum atomic E-state index is -5.14. The van der Waals surface area contributed by atoms with Crippen LogP contribution < -0.4 is 11.4 Å². The van der Waals surface area contributed by atoms with Crippen molar-refractivity contribution >= 4 is 13.6 Å². The predicted octanol–water partition coefficient (Wildman–Crippen LogP) is -2.11. The quantitative estimate of drug-likeness (QED) is 0.367. The molecule has 0 bridgehead atoms. The van der Waals surface area contributed by atoms with Crippen LogP contribution in [0.15, 0.2) is 17.1 Å². The molecule has 2 rings (SSSR count). The van der Waals surface area contributed by atoms with Crippen LogP contribution >= 0.6 is 7.82 Å². The molecule has 4 atom stereocenters. The zero-order valence-electron chi connectivity index (χ0n) is 11.5. The number of ether oxygens (including phenoxy) is 1. The van der Waals surface area contributed by atoms with E-state index in [2.05, 4.69) is 9.51 Å². The van der Waals surface area contributed by atoms with Crippen molar-refractivity contribution < 1.29 is 38.2 Å². The van der Waals surface area contributed by atoms with Crippen molar-refractivity contribution in [3.8, 4) is 0 Å². The number of anilines is 1. The van der Waals surface area contributed by atoms with Gasteiger partial charge in [-0.3, -0.25) is 9.09 Å². The second-order valence-corrected chi connectivity index (χ2v) is 6.09. The zero-order chi connectivity index (χ0) is 17.4. The van der Waals surface area contributed by atoms with Gasteiger partial charge in [-0.1, -0.05) is 0 Å². The molecule has 6 N–H and O–H groups in total. The van der Waals surface area contributed by atoms with Gasteiger partial charge < -0.3 is 30.5 Å². The Hall–Kier alpha value is -1.40. The Bertz CT molecular complexity index is 680. The first-order valence-electron chi connectivity index (χ1n) is 6.25. The van der Waals surface area contributed by atoms with Crippen LogP contribution in [0.25, 0.3) is 0 Å². The smallest absolute Gasteiger partial charge is 0.394 e. The molecule has 0 unspecified atom stereocenters. The van der Waals surface area contributed by atoms with Crippen LogP contribution in [0.2, 0.25) is 0 Å². The molecule has 1 fully saturated rings. The number of aliphatic hydroxyl groups excluding tert-OH is 1. The van der Waals surface area contributed by atoms with E-state index in [1.165, 1.54) is 6.07 Å². The molecule has 0 radical (unpaired) electrons. The van der Waals surface area contributed by atoms with Crippen molar-refractivity contribution in [1.29, 1.82) is 0 Å². The molecular formula is C10H15FN3O8P. The molecule has 130 valence electrons. The summed E-state index contributed by atoms with van der Waals surface area (Å²) < 4.78 is 34.7. The minimum Gasteiger partial charge on any atom is -0.394 e. The molecule has 1 aliphatic rings. The summed E-state index contributed by atoms with van der Waals surface area (Å²) in [6.45, 7) is -2.42. The topological polar surface area (TPSA) is 177 Å². The van der Waals surface area contributed by atoms with Gasteiger partial charge in [0.25, 0.3) is 0 Å². The highest BCUT2D eigenvalue weighted by Crippen LogP contribution is 2.48. The number of hydrogen-bond acceptors (Lipinski definition) is 8. The molecule has 0 aromatic carbocycles. The fourth-order valence-corrected chi connectivity index (χ4v) is 2.93. The lowest BCUT2D eigenvalue weighted by atomic mass is 9.95. The highest BCUT2D eigenvalue weighted by Gasteiger charge is 2.59. The molecule has 2 heterocycles. The number of aromatic nitrogens is 2. The predicted molar refractivity (Wildman–Crippen MR) is 71.7 cm³/mol. The number of hydrogen-bond donors (Lipinski definition) is 5. The number of halogens is 1. The Morgan fingerprint density at radius 3 is 2.70 bits per heavy atom. The molecule has 0 aliphatic carbocycles. The molecule has 11 nitrogen and oxygen atoms in total. The number of phosphoric acid groups is 1. The summed E-state index contributed by atoms with van der Waals surface area (Å²) in [5.41, 5.74) is 1.69. The normalized spacial score (nSPS) is 31.4. The van der Waals surface area contributed by atoms with Gasteiger partial charge in [0.1, 0.15) is 24.7 Å². The van der Waals surface area contributed by atoms with Gasteiger partial charge in [0.05, 0.1) is 6.61 Å². The molecular weight excluding hydrogens is 340 g/mol. The maximum atomic E-state index is 13.5. The van der Waals surface area contributed by atoms with E-state index in [0.29, 0.717) is 4.57 Å². The van der Waals surface area contributed by atoms with E-state index in [9.17, 15) is 24.0 Å². The average Bonchev–Trinajstić information content (AvgIpc) is 2.71. The number of nitrogens with two attached hydrogens (primary N) is 1. The summed E-state index contributed by atoms with van der Waals surface area (Å²) >= 11 is 0. The Morgan fingerprint density at radius 2 is 2.22 bits per heavy atom. The Morgan fingerprint density at radius 1 is 1.57 bits per heavy atom. The molecule has 1 aromatic heterocycles. The molecule has 1 aromatic rings. The molecule has 0 saturated carbocycles. The van der Waals surface area contributed by atoms with E-state index in [-0.39, 0.29) is 5.82 Å². The molecule has 1 saturated heterocycles. The number of aliphatic hydroxyl groups is 2. The summed E-state index contributed by atoms with van der Waals surface area (Å²) in [4.78, 5) is 33.0. The Balaban J connectivity index is 2.48. The van der Waals surface area contributed by atoms with Crippen LogP contribution in [-0.2, 0) is 13.8 Å². The maximum absolute atomic E-state index is 13.5. The van der Waals surface area contributed by atoms with Crippen molar-refractivity contribution in [2.75, 3.05) is 19.0 Å². The first-order valence-corrected chi connectivity index (χ1v) is 7.78. The highest BCUT2D eigenvalue weighted by molar-refractivity contribution is 7.46. The van der Waals surface area contributed by atoms with Crippen molar-refractivity contribution in [1.82, 2.24) is 9.55 Å². The Labute approximate surface area is 128 Å². The lowest BCUT2D eigenvalue weighted by Crippen LogP contribution is -2.51. The van der Waals surface area contributed by atoms with E-state index in [0.717, 1.165) is 6.20 Å². The van der Waals surface area contributed by atoms with E-state index < -0.39 is 50.8 Å². The average molecular weight is 355 g/mol. The number of rotatable bonds is 5. The zero-order valence-corrected chi connectivity index (χ0v) is 12.4. The van der Waals surface area contributed by atoms with Crippen molar-refractivity contribution in [2.24, 2.45) is 0 Å². The van der Waals surface area contributed by atoms with Crippen molar-refractivity contribution in [2.45, 2.75) is 24.0 Å². The van der Waals surface area contributed by atoms with Crippen LogP contribution in [0, 0.1) is 0 Å². The third kappa shape index (κ3) is 3.43. The lowest BCUT2D eigenvalue weighted by molar-refractivity contribution is -0.119. The van der Waals surface area contributed by atoms with Crippen LogP contribution in [0.4, 0.5) is 10.2 Å². The summed E-state index contributed by atoms with van der Waals surface area (Å²) in [7, 11) is -5.14. The van der Waals surface area contributed by atoms with E-state index >= 15 is 0 Å². The fraction of sp³-hybridized carbons (Fsp3) is 0.600. The van der Waals surface area contributed by atoms with E-state index in [1.807, 2.05) is 0 Å². The van der Waals surface area contributed by atoms with Gasteiger partial charge in [0.15, 0.2) is 11.8 Å². The molecule has 1 aliphatic heterocycles. The maximum Gasteiger partial charge on any atom is 0.470 e. The third-order valence-corrected chi connectivity index (χ3v) is 3.81. The standard InChI is InChI=1S/C10H15FN3O8P/c11-4-10(17)7(22-23(18,19)20)5(3-15)21-8(10)14-2-1-6(12)13-9(14)16/h1-2,5,7-8,15,17H,3-4H2,(H2,12,13,16)(H2,18,19,20)/t5-,7-,8-,10-/m1/s1. The van der Waals surface area contributed by atoms with E-state index in [1.54, 1.807) is 0 Å². The van der Waals surface area contributed by atoms with Crippen LogP contribution in [0.1, 0.15) is 6.23 Å². The number of nitrogens with zero attached hydrogens (tertiary/aromatic N) is 2. The highest BCUT2D eigenvalue weighted by atomic mass is 31.2. The second-order valence-electron chi connectivity index (χ2n) is 4.89. The van der Waals surface area contributed by atoms with Gasteiger partial charge in [0.2, 0.25) is 0 Å². The summed E-state index contributed by atoms with van der Waals surface area (Å²) in [6, 6.07) is 1.18. The summed E-state index contributed by atoms with van der Waals surface area (Å²) in [6.07, 6.45) is -4.09. The largest absolute Gasteiger partial charge is 0.470 e. The fourth-order valence-electron chi connectivity index (χ4n) is 2.32. The van der Waals surface area contributed by atoms with Gasteiger partial charge in [-0.2, -0.15) is 4.98 Å². The number of alkyl halides is 1. The molecule has 13 heteroatoms. The van der Waals surface area contributed by atoms with Crippen molar-refractivity contribution in [3.05, 3.63) is 22.7 Å². The summed E-state index contributed by atoms with van der Waals surface area (Å²) in [5, 5.41) is 19.7. The van der Waals surface area contributed by atoms with Gasteiger partial charge in [0, 0.05) is 6.20 Å². The van der Waals surface area contributed by atoms with Crippen molar-refractivity contribution in [3.63, 3.8) is 0 Å². The van der Waals surface area contributed by atoms with Crippen LogP contribution in [0.5, 0.6) is 0 Å². The van der Waals surface area contributed by atoms with Gasteiger partial charge in [-0.05, 0) is 6.07 Å².